The first-order valence-electron chi connectivity index (χ1n) is 7.57. The molecule has 1 amide bonds. The lowest BCUT2D eigenvalue weighted by atomic mass is 10.0. The summed E-state index contributed by atoms with van der Waals surface area (Å²) in [6.07, 6.45) is 0.488. The van der Waals surface area contributed by atoms with E-state index in [4.69, 9.17) is 27.6 Å². The van der Waals surface area contributed by atoms with Gasteiger partial charge in [-0.2, -0.15) is 0 Å². The normalized spacial score (nSPS) is 10.7. The number of nitrogens with one attached hydrogen (secondary N) is 1. The number of nitrogens with zero attached hydrogens (tertiary/aromatic N) is 2. The molecule has 3 rings (SSSR count). The van der Waals surface area contributed by atoms with Crippen molar-refractivity contribution in [3.63, 3.8) is 0 Å². The standard InChI is InChI=1S/C18H15Cl2N3O2/c1-10-3-4-12(7-11(10)2)8-16-22-23-18(25-16)21-17(24)14-9-13(19)5-6-15(14)20/h3-7,9H,8H2,1-2H3,(H,21,23,24). The Morgan fingerprint density at radius 2 is 1.88 bits per heavy atom. The minimum absolute atomic E-state index is 0.0138. The van der Waals surface area contributed by atoms with Crippen LogP contribution >= 0.6 is 23.2 Å². The molecule has 128 valence electrons. The van der Waals surface area contributed by atoms with Gasteiger partial charge in [0.05, 0.1) is 17.0 Å². The van der Waals surface area contributed by atoms with Crippen LogP contribution < -0.4 is 5.32 Å². The number of amides is 1. The van der Waals surface area contributed by atoms with Crippen molar-refractivity contribution in [3.05, 3.63) is 74.6 Å². The Labute approximate surface area is 155 Å². The van der Waals surface area contributed by atoms with E-state index in [1.807, 2.05) is 19.1 Å². The zero-order valence-electron chi connectivity index (χ0n) is 13.6. The van der Waals surface area contributed by atoms with E-state index in [9.17, 15) is 4.79 Å². The van der Waals surface area contributed by atoms with Gasteiger partial charge in [-0.3, -0.25) is 10.1 Å². The maximum absolute atomic E-state index is 12.3. The highest BCUT2D eigenvalue weighted by atomic mass is 35.5. The van der Waals surface area contributed by atoms with E-state index < -0.39 is 5.91 Å². The summed E-state index contributed by atoms with van der Waals surface area (Å²) in [5.41, 5.74) is 3.72. The molecule has 25 heavy (non-hydrogen) atoms. The van der Waals surface area contributed by atoms with E-state index in [2.05, 4.69) is 28.5 Å². The first kappa shape index (κ1) is 17.5. The van der Waals surface area contributed by atoms with Crippen LogP contribution in [-0.2, 0) is 6.42 Å². The van der Waals surface area contributed by atoms with Gasteiger partial charge in [-0.1, -0.05) is 46.5 Å². The van der Waals surface area contributed by atoms with Crippen molar-refractivity contribution in [1.29, 1.82) is 0 Å². The highest BCUT2D eigenvalue weighted by Gasteiger charge is 2.15. The van der Waals surface area contributed by atoms with Crippen LogP contribution in [0.5, 0.6) is 0 Å². The molecule has 1 heterocycles. The van der Waals surface area contributed by atoms with Gasteiger partial charge >= 0.3 is 6.01 Å². The van der Waals surface area contributed by atoms with Crippen LogP contribution in [0.1, 0.15) is 32.9 Å². The van der Waals surface area contributed by atoms with E-state index in [1.165, 1.54) is 17.2 Å². The number of benzene rings is 2. The van der Waals surface area contributed by atoms with Gasteiger partial charge in [0.1, 0.15) is 0 Å². The summed E-state index contributed by atoms with van der Waals surface area (Å²) in [7, 11) is 0. The van der Waals surface area contributed by atoms with E-state index in [0.717, 1.165) is 5.56 Å². The Hall–Kier alpha value is -2.37. The molecule has 0 saturated carbocycles. The predicted octanol–water partition coefficient (Wildman–Crippen LogP) is 4.84. The average molecular weight is 376 g/mol. The molecule has 0 aliphatic carbocycles. The molecule has 1 N–H and O–H groups in total. The van der Waals surface area contributed by atoms with Gasteiger partial charge in [-0.15, -0.1) is 5.10 Å². The lowest BCUT2D eigenvalue weighted by Crippen LogP contribution is -2.12. The predicted molar refractivity (Wildman–Crippen MR) is 97.4 cm³/mol. The lowest BCUT2D eigenvalue weighted by Gasteiger charge is -2.04. The molecule has 7 heteroatoms. The molecule has 0 atom stereocenters. The zero-order valence-corrected chi connectivity index (χ0v) is 15.1. The third-order valence-corrected chi connectivity index (χ3v) is 4.35. The van der Waals surface area contributed by atoms with Crippen molar-refractivity contribution in [2.45, 2.75) is 20.3 Å². The van der Waals surface area contributed by atoms with Crippen LogP contribution in [0.4, 0.5) is 6.01 Å². The zero-order chi connectivity index (χ0) is 18.0. The average Bonchev–Trinajstić information content (AvgIpc) is 3.00. The second kappa shape index (κ2) is 7.25. The Bertz CT molecular complexity index is 938. The summed E-state index contributed by atoms with van der Waals surface area (Å²) in [4.78, 5) is 12.3. The van der Waals surface area contributed by atoms with E-state index in [-0.39, 0.29) is 16.6 Å². The van der Waals surface area contributed by atoms with Gasteiger partial charge < -0.3 is 4.42 Å². The molecule has 0 aliphatic rings. The number of hydrogen-bond donors (Lipinski definition) is 1. The maximum Gasteiger partial charge on any atom is 0.322 e. The van der Waals surface area contributed by atoms with Crippen LogP contribution in [0.15, 0.2) is 40.8 Å². The van der Waals surface area contributed by atoms with Gasteiger partial charge in [0.2, 0.25) is 5.89 Å². The molecule has 0 bridgehead atoms. The topological polar surface area (TPSA) is 68.0 Å². The fraction of sp³-hybridized carbons (Fsp3) is 0.167. The number of anilines is 1. The molecule has 0 fully saturated rings. The van der Waals surface area contributed by atoms with Crippen molar-refractivity contribution in [3.8, 4) is 0 Å². The van der Waals surface area contributed by atoms with Crippen molar-refractivity contribution in [2.24, 2.45) is 0 Å². The SMILES string of the molecule is Cc1ccc(Cc2nnc(NC(=O)c3cc(Cl)ccc3Cl)o2)cc1C. The monoisotopic (exact) mass is 375 g/mol. The van der Waals surface area contributed by atoms with Crippen LogP contribution in [0, 0.1) is 13.8 Å². The van der Waals surface area contributed by atoms with Crippen LogP contribution in [0.25, 0.3) is 0 Å². The molecule has 0 spiro atoms. The molecule has 0 saturated heterocycles. The summed E-state index contributed by atoms with van der Waals surface area (Å²) in [6.45, 7) is 4.10. The van der Waals surface area contributed by atoms with Crippen LogP contribution in [0.2, 0.25) is 10.0 Å². The highest BCUT2D eigenvalue weighted by molar-refractivity contribution is 6.36. The van der Waals surface area contributed by atoms with E-state index >= 15 is 0 Å². The largest absolute Gasteiger partial charge is 0.407 e. The first-order chi connectivity index (χ1) is 11.9. The van der Waals surface area contributed by atoms with Gasteiger partial charge in [0.25, 0.3) is 5.91 Å². The Morgan fingerprint density at radius 1 is 1.08 bits per heavy atom. The summed E-state index contributed by atoms with van der Waals surface area (Å²) in [5, 5.41) is 11.0. The molecular formula is C18H15Cl2N3O2. The fourth-order valence-electron chi connectivity index (χ4n) is 2.30. The summed E-state index contributed by atoms with van der Waals surface area (Å²) < 4.78 is 5.49. The number of carbonyl (C=O) groups is 1. The second-order valence-corrected chi connectivity index (χ2v) is 6.52. The molecule has 1 aromatic heterocycles. The summed E-state index contributed by atoms with van der Waals surface area (Å²) in [6, 6.07) is 10.8. The van der Waals surface area contributed by atoms with E-state index in [1.54, 1.807) is 12.1 Å². The number of aryl methyl sites for hydroxylation is 2. The summed E-state index contributed by atoms with van der Waals surface area (Å²) in [5.74, 6) is -0.0513. The van der Waals surface area contributed by atoms with Gasteiger partial charge in [-0.25, -0.2) is 0 Å². The third-order valence-electron chi connectivity index (χ3n) is 3.79. The number of carbonyl (C=O) groups excluding carboxylic acids is 1. The quantitative estimate of drug-likeness (QED) is 0.708. The fourth-order valence-corrected chi connectivity index (χ4v) is 2.68. The molecule has 0 unspecified atom stereocenters. The Kier molecular flexibility index (Phi) is 5.06. The first-order valence-corrected chi connectivity index (χ1v) is 8.33. The minimum Gasteiger partial charge on any atom is -0.407 e. The molecule has 0 radical (unpaired) electrons. The Balaban J connectivity index is 1.72. The van der Waals surface area contributed by atoms with Gasteiger partial charge in [-0.05, 0) is 48.7 Å². The van der Waals surface area contributed by atoms with Gasteiger partial charge in [0, 0.05) is 5.02 Å². The lowest BCUT2D eigenvalue weighted by molar-refractivity contribution is 0.102. The van der Waals surface area contributed by atoms with Gasteiger partial charge in [0.15, 0.2) is 0 Å². The number of hydrogen-bond acceptors (Lipinski definition) is 4. The smallest absolute Gasteiger partial charge is 0.322 e. The van der Waals surface area contributed by atoms with Crippen LogP contribution in [-0.4, -0.2) is 16.1 Å². The maximum atomic E-state index is 12.3. The van der Waals surface area contributed by atoms with Crippen LogP contribution in [0.3, 0.4) is 0 Å². The summed E-state index contributed by atoms with van der Waals surface area (Å²) >= 11 is 11.9. The molecule has 2 aromatic carbocycles. The number of aromatic nitrogens is 2. The van der Waals surface area contributed by atoms with E-state index in [0.29, 0.717) is 17.3 Å². The molecule has 0 aliphatic heterocycles. The third kappa shape index (κ3) is 4.18. The van der Waals surface area contributed by atoms with Crippen molar-refractivity contribution in [1.82, 2.24) is 10.2 Å². The molecule has 3 aromatic rings. The highest BCUT2D eigenvalue weighted by Crippen LogP contribution is 2.22. The van der Waals surface area contributed by atoms with Crippen molar-refractivity contribution in [2.75, 3.05) is 5.32 Å². The van der Waals surface area contributed by atoms with Crippen molar-refractivity contribution < 1.29 is 9.21 Å². The molecule has 5 nitrogen and oxygen atoms in total. The number of halogens is 2. The second-order valence-electron chi connectivity index (χ2n) is 5.67. The minimum atomic E-state index is -0.464. The Morgan fingerprint density at radius 3 is 2.64 bits per heavy atom. The molecular weight excluding hydrogens is 361 g/mol. The van der Waals surface area contributed by atoms with Crippen molar-refractivity contribution >= 4 is 35.1 Å². The number of rotatable bonds is 4.